The van der Waals surface area contributed by atoms with E-state index in [4.69, 9.17) is 9.47 Å². The Balaban J connectivity index is 1.60. The molecule has 0 bridgehead atoms. The normalized spacial score (nSPS) is 24.4. The van der Waals surface area contributed by atoms with Gasteiger partial charge in [0.1, 0.15) is 5.75 Å². The van der Waals surface area contributed by atoms with Crippen LogP contribution in [0.1, 0.15) is 104 Å². The minimum atomic E-state index is -0.185. The van der Waals surface area contributed by atoms with Crippen LogP contribution in [0.4, 0.5) is 0 Å². The van der Waals surface area contributed by atoms with Gasteiger partial charge in [0.25, 0.3) is 0 Å². The van der Waals surface area contributed by atoms with Crippen LogP contribution in [0.3, 0.4) is 0 Å². The second-order valence-corrected chi connectivity index (χ2v) is 11.7. The molecule has 0 aromatic heterocycles. The van der Waals surface area contributed by atoms with Gasteiger partial charge in [-0.05, 0) is 71.6 Å². The Morgan fingerprint density at radius 3 is 2.28 bits per heavy atom. The van der Waals surface area contributed by atoms with Gasteiger partial charge in [0.05, 0.1) is 6.61 Å². The van der Waals surface area contributed by atoms with Crippen LogP contribution < -0.4 is 4.74 Å². The molecule has 2 heteroatoms. The molecule has 2 aliphatic rings. The zero-order chi connectivity index (χ0) is 21.2. The van der Waals surface area contributed by atoms with Gasteiger partial charge in [-0.15, -0.1) is 0 Å². The minimum absolute atomic E-state index is 0.185. The summed E-state index contributed by atoms with van der Waals surface area (Å²) in [4.78, 5) is 0. The molecule has 0 aliphatic heterocycles. The Morgan fingerprint density at radius 1 is 0.966 bits per heavy atom. The highest BCUT2D eigenvalue weighted by Crippen LogP contribution is 2.54. The van der Waals surface area contributed by atoms with E-state index >= 15 is 0 Å². The average molecular weight is 401 g/mol. The summed E-state index contributed by atoms with van der Waals surface area (Å²) in [6, 6.07) is 6.76. The maximum atomic E-state index is 6.15. The molecule has 2 nitrogen and oxygen atoms in total. The first-order valence-electron chi connectivity index (χ1n) is 12.0. The quantitative estimate of drug-likeness (QED) is 0.454. The molecule has 0 heterocycles. The third kappa shape index (κ3) is 5.78. The van der Waals surface area contributed by atoms with Crippen molar-refractivity contribution < 1.29 is 9.47 Å². The van der Waals surface area contributed by atoms with E-state index in [2.05, 4.69) is 59.7 Å². The van der Waals surface area contributed by atoms with Gasteiger partial charge < -0.3 is 9.47 Å². The molecule has 164 valence electrons. The molecule has 0 amide bonds. The van der Waals surface area contributed by atoms with Crippen molar-refractivity contribution in [2.24, 2.45) is 22.7 Å². The lowest BCUT2D eigenvalue weighted by Gasteiger charge is -2.40. The molecule has 29 heavy (non-hydrogen) atoms. The van der Waals surface area contributed by atoms with Crippen molar-refractivity contribution in [1.82, 2.24) is 0 Å². The van der Waals surface area contributed by atoms with Crippen molar-refractivity contribution in [2.45, 2.75) is 106 Å². The van der Waals surface area contributed by atoms with Crippen molar-refractivity contribution in [3.8, 4) is 5.75 Å². The number of hydrogen-bond acceptors (Lipinski definition) is 2. The fourth-order valence-corrected chi connectivity index (χ4v) is 5.69. The highest BCUT2D eigenvalue weighted by atomic mass is 16.7. The molecular formula is C27H44O2. The zero-order valence-corrected chi connectivity index (χ0v) is 20.0. The topological polar surface area (TPSA) is 18.5 Å². The second kappa shape index (κ2) is 9.00. The minimum Gasteiger partial charge on any atom is -0.465 e. The van der Waals surface area contributed by atoms with Crippen molar-refractivity contribution in [3.63, 3.8) is 0 Å². The van der Waals surface area contributed by atoms with Crippen molar-refractivity contribution >= 4 is 0 Å². The summed E-state index contributed by atoms with van der Waals surface area (Å²) in [6.07, 6.45) is 9.12. The smallest absolute Gasteiger partial charge is 0.196 e. The summed E-state index contributed by atoms with van der Waals surface area (Å²) in [6.45, 7) is 17.2. The molecule has 1 saturated carbocycles. The molecule has 1 aromatic rings. The lowest BCUT2D eigenvalue weighted by Crippen LogP contribution is -2.31. The Hall–Kier alpha value is -1.02. The third-order valence-electron chi connectivity index (χ3n) is 7.24. The predicted octanol–water partition coefficient (Wildman–Crippen LogP) is 7.75. The summed E-state index contributed by atoms with van der Waals surface area (Å²) < 4.78 is 12.1. The Bertz CT molecular complexity index is 658. The van der Waals surface area contributed by atoms with Crippen molar-refractivity contribution in [3.05, 3.63) is 29.3 Å². The number of hydrogen-bond donors (Lipinski definition) is 0. The summed E-state index contributed by atoms with van der Waals surface area (Å²) in [5, 5.41) is 0. The SMILES string of the molecule is CC(OCCC1CCCCC1)Oc1ccc2c(c1)CC(C(C)(C)C)C2C(C)(C)C. The van der Waals surface area contributed by atoms with Crippen LogP contribution in [0.5, 0.6) is 5.75 Å². The Kier molecular flexibility index (Phi) is 7.03. The summed E-state index contributed by atoms with van der Waals surface area (Å²) in [5.74, 6) is 3.07. The van der Waals surface area contributed by atoms with Gasteiger partial charge in [-0.2, -0.15) is 0 Å². The number of rotatable bonds is 6. The number of ether oxygens (including phenoxy) is 2. The summed E-state index contributed by atoms with van der Waals surface area (Å²) in [5.41, 5.74) is 3.56. The van der Waals surface area contributed by atoms with Crippen LogP contribution in [-0.4, -0.2) is 12.9 Å². The molecule has 0 N–H and O–H groups in total. The molecule has 3 rings (SSSR count). The third-order valence-corrected chi connectivity index (χ3v) is 7.24. The van der Waals surface area contributed by atoms with Crippen molar-refractivity contribution in [1.29, 1.82) is 0 Å². The van der Waals surface area contributed by atoms with Crippen LogP contribution >= 0.6 is 0 Å². The van der Waals surface area contributed by atoms with Crippen molar-refractivity contribution in [2.75, 3.05) is 6.61 Å². The molecular weight excluding hydrogens is 356 g/mol. The Labute approximate surface area is 179 Å². The zero-order valence-electron chi connectivity index (χ0n) is 20.0. The highest BCUT2D eigenvalue weighted by molar-refractivity contribution is 5.43. The lowest BCUT2D eigenvalue weighted by molar-refractivity contribution is -0.0711. The first-order chi connectivity index (χ1) is 13.6. The molecule has 2 aliphatic carbocycles. The van der Waals surface area contributed by atoms with E-state index in [0.717, 1.165) is 24.7 Å². The van der Waals surface area contributed by atoms with E-state index in [1.165, 1.54) is 49.7 Å². The number of benzene rings is 1. The molecule has 0 spiro atoms. The maximum Gasteiger partial charge on any atom is 0.196 e. The fourth-order valence-electron chi connectivity index (χ4n) is 5.69. The predicted molar refractivity (Wildman–Crippen MR) is 123 cm³/mol. The molecule has 1 aromatic carbocycles. The van der Waals surface area contributed by atoms with Gasteiger partial charge >= 0.3 is 0 Å². The largest absolute Gasteiger partial charge is 0.465 e. The van der Waals surface area contributed by atoms with Crippen LogP contribution in [0.2, 0.25) is 0 Å². The van der Waals surface area contributed by atoms with Gasteiger partial charge in [-0.1, -0.05) is 79.7 Å². The fraction of sp³-hybridized carbons (Fsp3) is 0.778. The van der Waals surface area contributed by atoms with E-state index in [9.17, 15) is 0 Å². The van der Waals surface area contributed by atoms with Gasteiger partial charge in [0.2, 0.25) is 0 Å². The maximum absolute atomic E-state index is 6.15. The standard InChI is InChI=1S/C27H44O2/c1-19(28-16-15-20-11-9-8-10-12-20)29-22-13-14-23-21(17-22)18-24(26(2,3)4)25(23)27(5,6)7/h13-14,17,19-20,24-25H,8-12,15-16,18H2,1-7H3. The van der Waals surface area contributed by atoms with Gasteiger partial charge in [0, 0.05) is 0 Å². The molecule has 3 unspecified atom stereocenters. The van der Waals surface area contributed by atoms with Crippen LogP contribution in [0, 0.1) is 22.7 Å². The van der Waals surface area contributed by atoms with Crippen LogP contribution in [0.25, 0.3) is 0 Å². The van der Waals surface area contributed by atoms with Crippen LogP contribution in [0.15, 0.2) is 18.2 Å². The summed E-state index contributed by atoms with van der Waals surface area (Å²) >= 11 is 0. The average Bonchev–Trinajstić information content (AvgIpc) is 3.02. The van der Waals surface area contributed by atoms with Gasteiger partial charge in [-0.3, -0.25) is 0 Å². The first kappa shape index (κ1) is 22.7. The first-order valence-corrected chi connectivity index (χ1v) is 12.0. The van der Waals surface area contributed by atoms with E-state index in [0.29, 0.717) is 17.3 Å². The Morgan fingerprint density at radius 2 is 1.66 bits per heavy atom. The van der Waals surface area contributed by atoms with E-state index < -0.39 is 0 Å². The van der Waals surface area contributed by atoms with Gasteiger partial charge in [0.15, 0.2) is 6.29 Å². The lowest BCUT2D eigenvalue weighted by atomic mass is 9.65. The summed E-state index contributed by atoms with van der Waals surface area (Å²) in [7, 11) is 0. The highest BCUT2D eigenvalue weighted by Gasteiger charge is 2.44. The molecule has 3 atom stereocenters. The molecule has 0 saturated heterocycles. The molecule has 0 radical (unpaired) electrons. The second-order valence-electron chi connectivity index (χ2n) is 11.7. The van der Waals surface area contributed by atoms with Gasteiger partial charge in [-0.25, -0.2) is 0 Å². The van der Waals surface area contributed by atoms with E-state index in [1.807, 2.05) is 6.92 Å². The van der Waals surface area contributed by atoms with E-state index in [1.54, 1.807) is 0 Å². The number of fused-ring (bicyclic) bond motifs is 1. The monoisotopic (exact) mass is 400 g/mol. The van der Waals surface area contributed by atoms with E-state index in [-0.39, 0.29) is 11.7 Å². The van der Waals surface area contributed by atoms with Crippen LogP contribution in [-0.2, 0) is 11.2 Å². The molecule has 1 fully saturated rings.